The summed E-state index contributed by atoms with van der Waals surface area (Å²) in [5.74, 6) is 0.554. The summed E-state index contributed by atoms with van der Waals surface area (Å²) in [4.78, 5) is 18.6. The van der Waals surface area contributed by atoms with Gasteiger partial charge in [0.1, 0.15) is 12.4 Å². The molecule has 0 saturated carbocycles. The average Bonchev–Trinajstić information content (AvgIpc) is 2.64. The zero-order valence-corrected chi connectivity index (χ0v) is 15.5. The van der Waals surface area contributed by atoms with Gasteiger partial charge < -0.3 is 20.3 Å². The Morgan fingerprint density at radius 3 is 2.81 bits per heavy atom. The number of carbonyl (C=O) groups excluding carboxylic acids is 1. The molecule has 0 radical (unpaired) electrons. The van der Waals surface area contributed by atoms with E-state index in [0.717, 1.165) is 31.6 Å². The van der Waals surface area contributed by atoms with Crippen molar-refractivity contribution in [3.63, 3.8) is 0 Å². The van der Waals surface area contributed by atoms with E-state index in [9.17, 15) is 4.79 Å². The summed E-state index contributed by atoms with van der Waals surface area (Å²) < 4.78 is 5.69. The molecular formula is C19H23ClN4O2. The van der Waals surface area contributed by atoms with Crippen molar-refractivity contribution < 1.29 is 9.53 Å². The number of pyridine rings is 1. The number of carbonyl (C=O) groups is 1. The smallest absolute Gasteiger partial charge is 0.319 e. The first-order valence-corrected chi connectivity index (χ1v) is 9.06. The molecule has 26 heavy (non-hydrogen) atoms. The maximum atomic E-state index is 12.2. The first kappa shape index (κ1) is 18.5. The van der Waals surface area contributed by atoms with Crippen LogP contribution in [0.2, 0.25) is 5.02 Å². The highest BCUT2D eigenvalue weighted by molar-refractivity contribution is 6.32. The van der Waals surface area contributed by atoms with E-state index in [1.165, 1.54) is 0 Å². The third-order valence-corrected chi connectivity index (χ3v) is 4.64. The molecule has 138 valence electrons. The first-order valence-electron chi connectivity index (χ1n) is 8.68. The number of hydrogen-bond acceptors (Lipinski definition) is 4. The molecular weight excluding hydrogens is 352 g/mol. The molecule has 0 bridgehead atoms. The van der Waals surface area contributed by atoms with Gasteiger partial charge in [-0.2, -0.15) is 0 Å². The summed E-state index contributed by atoms with van der Waals surface area (Å²) in [5, 5.41) is 6.28. The third kappa shape index (κ3) is 5.34. The minimum atomic E-state index is -0.210. The molecule has 0 aliphatic carbocycles. The Balaban J connectivity index is 1.51. The van der Waals surface area contributed by atoms with Gasteiger partial charge in [-0.1, -0.05) is 17.7 Å². The van der Waals surface area contributed by atoms with Crippen molar-refractivity contribution in [2.75, 3.05) is 25.5 Å². The molecule has 2 N–H and O–H groups in total. The van der Waals surface area contributed by atoms with Crippen molar-refractivity contribution in [3.05, 3.63) is 53.3 Å². The lowest BCUT2D eigenvalue weighted by atomic mass is 10.1. The molecule has 0 atom stereocenters. The van der Waals surface area contributed by atoms with E-state index >= 15 is 0 Å². The molecule has 0 spiro atoms. The van der Waals surface area contributed by atoms with Crippen molar-refractivity contribution in [1.82, 2.24) is 15.2 Å². The van der Waals surface area contributed by atoms with Crippen molar-refractivity contribution in [1.29, 1.82) is 0 Å². The maximum Gasteiger partial charge on any atom is 0.319 e. The average molecular weight is 375 g/mol. The van der Waals surface area contributed by atoms with Crippen molar-refractivity contribution in [2.24, 2.45) is 0 Å². The number of benzene rings is 1. The largest absolute Gasteiger partial charge is 0.486 e. The summed E-state index contributed by atoms with van der Waals surface area (Å²) >= 11 is 6.26. The molecule has 0 unspecified atom stereocenters. The van der Waals surface area contributed by atoms with Crippen LogP contribution in [0, 0.1) is 0 Å². The Bertz CT molecular complexity index is 734. The molecule has 2 heterocycles. The van der Waals surface area contributed by atoms with E-state index in [-0.39, 0.29) is 12.1 Å². The topological polar surface area (TPSA) is 66.5 Å². The predicted octanol–water partition coefficient (Wildman–Crippen LogP) is 3.53. The quantitative estimate of drug-likeness (QED) is 0.840. The van der Waals surface area contributed by atoms with Crippen LogP contribution < -0.4 is 15.4 Å². The fourth-order valence-electron chi connectivity index (χ4n) is 2.84. The highest BCUT2D eigenvalue weighted by atomic mass is 35.5. The first-order chi connectivity index (χ1) is 12.6. The van der Waals surface area contributed by atoms with Gasteiger partial charge in [-0.15, -0.1) is 0 Å². The molecule has 1 aliphatic heterocycles. The molecule has 7 heteroatoms. The number of amides is 2. The molecule has 1 aromatic carbocycles. The standard InChI is InChI=1S/C19H23ClN4O2/c1-24-10-7-14(8-11-24)22-19(25)23-15-5-6-18(17(20)12-15)26-13-16-4-2-3-9-21-16/h2-6,9,12,14H,7-8,10-11,13H2,1H3,(H2,22,23,25). The van der Waals surface area contributed by atoms with Crippen molar-refractivity contribution in [2.45, 2.75) is 25.5 Å². The summed E-state index contributed by atoms with van der Waals surface area (Å²) in [6.45, 7) is 2.34. The van der Waals surface area contributed by atoms with E-state index in [1.807, 2.05) is 18.2 Å². The van der Waals surface area contributed by atoms with E-state index in [1.54, 1.807) is 24.4 Å². The van der Waals surface area contributed by atoms with Gasteiger partial charge in [0.25, 0.3) is 0 Å². The number of hydrogen-bond donors (Lipinski definition) is 2. The third-order valence-electron chi connectivity index (χ3n) is 4.35. The lowest BCUT2D eigenvalue weighted by Gasteiger charge is -2.29. The zero-order valence-electron chi connectivity index (χ0n) is 14.7. The second-order valence-corrected chi connectivity index (χ2v) is 6.84. The van der Waals surface area contributed by atoms with Crippen LogP contribution in [-0.2, 0) is 6.61 Å². The number of halogens is 1. The Morgan fingerprint density at radius 2 is 2.12 bits per heavy atom. The fraction of sp³-hybridized carbons (Fsp3) is 0.368. The van der Waals surface area contributed by atoms with Gasteiger partial charge in [0.05, 0.1) is 10.7 Å². The summed E-state index contributed by atoms with van der Waals surface area (Å²) in [6, 6.07) is 10.8. The van der Waals surface area contributed by atoms with E-state index in [2.05, 4.69) is 27.6 Å². The molecule has 1 aliphatic rings. The number of aromatic nitrogens is 1. The van der Waals surface area contributed by atoms with Crippen LogP contribution >= 0.6 is 11.6 Å². The number of urea groups is 1. The Labute approximate surface area is 158 Å². The molecule has 2 aromatic rings. The second-order valence-electron chi connectivity index (χ2n) is 6.43. The van der Waals surface area contributed by atoms with Gasteiger partial charge in [-0.3, -0.25) is 4.98 Å². The Kier molecular flexibility index (Phi) is 6.30. The molecule has 1 fully saturated rings. The van der Waals surface area contributed by atoms with Crippen LogP contribution in [0.15, 0.2) is 42.6 Å². The van der Waals surface area contributed by atoms with Crippen LogP contribution in [-0.4, -0.2) is 42.1 Å². The van der Waals surface area contributed by atoms with E-state index < -0.39 is 0 Å². The normalized spacial score (nSPS) is 15.5. The number of anilines is 1. The fourth-order valence-corrected chi connectivity index (χ4v) is 3.07. The summed E-state index contributed by atoms with van der Waals surface area (Å²) in [5.41, 5.74) is 1.45. The van der Waals surface area contributed by atoms with Crippen LogP contribution in [0.3, 0.4) is 0 Å². The van der Waals surface area contributed by atoms with Gasteiger partial charge in [-0.05, 0) is 63.3 Å². The molecule has 1 aromatic heterocycles. The molecule has 1 saturated heterocycles. The SMILES string of the molecule is CN1CCC(NC(=O)Nc2ccc(OCc3ccccn3)c(Cl)c2)CC1. The number of nitrogens with zero attached hydrogens (tertiary/aromatic N) is 2. The molecule has 3 rings (SSSR count). The van der Waals surface area contributed by atoms with Crippen LogP contribution in [0.25, 0.3) is 0 Å². The number of piperidine rings is 1. The Hall–Kier alpha value is -2.31. The van der Waals surface area contributed by atoms with Gasteiger partial charge >= 0.3 is 6.03 Å². The second kappa shape index (κ2) is 8.87. The van der Waals surface area contributed by atoms with E-state index in [0.29, 0.717) is 23.1 Å². The maximum absolute atomic E-state index is 12.2. The number of ether oxygens (including phenoxy) is 1. The number of nitrogens with one attached hydrogen (secondary N) is 2. The number of likely N-dealkylation sites (tertiary alicyclic amines) is 1. The monoisotopic (exact) mass is 374 g/mol. The van der Waals surface area contributed by atoms with Crippen LogP contribution in [0.5, 0.6) is 5.75 Å². The predicted molar refractivity (Wildman–Crippen MR) is 103 cm³/mol. The van der Waals surface area contributed by atoms with Crippen LogP contribution in [0.4, 0.5) is 10.5 Å². The van der Waals surface area contributed by atoms with Crippen LogP contribution in [0.1, 0.15) is 18.5 Å². The van der Waals surface area contributed by atoms with Gasteiger partial charge in [0.15, 0.2) is 0 Å². The van der Waals surface area contributed by atoms with Crippen molar-refractivity contribution >= 4 is 23.3 Å². The van der Waals surface area contributed by atoms with Gasteiger partial charge in [0, 0.05) is 17.9 Å². The number of rotatable bonds is 5. The lowest BCUT2D eigenvalue weighted by Crippen LogP contribution is -2.44. The lowest BCUT2D eigenvalue weighted by molar-refractivity contribution is 0.221. The van der Waals surface area contributed by atoms with Gasteiger partial charge in [-0.25, -0.2) is 4.79 Å². The zero-order chi connectivity index (χ0) is 18.4. The highest BCUT2D eigenvalue weighted by Gasteiger charge is 2.18. The summed E-state index contributed by atoms with van der Waals surface area (Å²) in [7, 11) is 2.09. The minimum absolute atomic E-state index is 0.210. The van der Waals surface area contributed by atoms with E-state index in [4.69, 9.17) is 16.3 Å². The Morgan fingerprint density at radius 1 is 1.31 bits per heavy atom. The van der Waals surface area contributed by atoms with Crippen molar-refractivity contribution in [3.8, 4) is 5.75 Å². The molecule has 2 amide bonds. The molecule has 6 nitrogen and oxygen atoms in total. The minimum Gasteiger partial charge on any atom is -0.486 e. The van der Waals surface area contributed by atoms with Gasteiger partial charge in [0.2, 0.25) is 0 Å². The highest BCUT2D eigenvalue weighted by Crippen LogP contribution is 2.28. The summed E-state index contributed by atoms with van der Waals surface area (Å²) in [6.07, 6.45) is 3.65.